The van der Waals surface area contributed by atoms with Crippen LogP contribution in [-0.4, -0.2) is 31.7 Å². The molecule has 4 rings (SSSR count). The Balaban J connectivity index is 1.71. The maximum absolute atomic E-state index is 10.5. The topological polar surface area (TPSA) is 73.1 Å². The van der Waals surface area contributed by atoms with Gasteiger partial charge in [0.2, 0.25) is 0 Å². The molecule has 0 aliphatic heterocycles. The number of hydrogen-bond donors (Lipinski definition) is 1. The third-order valence-corrected chi connectivity index (χ3v) is 5.66. The molecule has 7 heteroatoms. The summed E-state index contributed by atoms with van der Waals surface area (Å²) in [5, 5.41) is 12.5. The van der Waals surface area contributed by atoms with Gasteiger partial charge in [-0.3, -0.25) is 0 Å². The zero-order valence-electron chi connectivity index (χ0n) is 17.5. The first-order valence-electron chi connectivity index (χ1n) is 9.66. The molecular weight excluding hydrogens is 396 g/mol. The quantitative estimate of drug-likeness (QED) is 0.496. The molecule has 0 spiro atoms. The summed E-state index contributed by atoms with van der Waals surface area (Å²) in [6.07, 6.45) is 4.26. The molecule has 1 aromatic carbocycles. The van der Waals surface area contributed by atoms with Crippen molar-refractivity contribution in [2.75, 3.05) is 7.11 Å². The molecule has 6 nitrogen and oxygen atoms in total. The van der Waals surface area contributed by atoms with Crippen molar-refractivity contribution in [3.8, 4) is 22.0 Å². The molecule has 3 heterocycles. The number of benzene rings is 1. The van der Waals surface area contributed by atoms with E-state index < -0.39 is 5.60 Å². The van der Waals surface area contributed by atoms with Crippen LogP contribution < -0.4 is 4.74 Å². The number of methoxy groups -OCH3 is 1. The van der Waals surface area contributed by atoms with E-state index in [4.69, 9.17) is 9.72 Å². The summed E-state index contributed by atoms with van der Waals surface area (Å²) >= 11 is 1.62. The molecule has 4 aromatic rings. The van der Waals surface area contributed by atoms with Gasteiger partial charge in [0.1, 0.15) is 17.2 Å². The molecule has 0 aliphatic carbocycles. The fourth-order valence-electron chi connectivity index (χ4n) is 3.22. The minimum atomic E-state index is -1.05. The smallest absolute Gasteiger partial charge is 0.143 e. The molecule has 0 radical (unpaired) electrons. The van der Waals surface area contributed by atoms with Gasteiger partial charge in [-0.05, 0) is 56.0 Å². The van der Waals surface area contributed by atoms with Gasteiger partial charge in [-0.25, -0.2) is 15.0 Å². The van der Waals surface area contributed by atoms with Crippen molar-refractivity contribution in [3.63, 3.8) is 0 Å². The Morgan fingerprint density at radius 3 is 2.63 bits per heavy atom. The highest BCUT2D eigenvalue weighted by atomic mass is 32.1. The summed E-state index contributed by atoms with van der Waals surface area (Å²) in [7, 11) is 1.66. The van der Waals surface area contributed by atoms with E-state index in [9.17, 15) is 5.11 Å². The maximum Gasteiger partial charge on any atom is 0.143 e. The lowest BCUT2D eigenvalue weighted by Gasteiger charge is -2.18. The van der Waals surface area contributed by atoms with Crippen LogP contribution in [0.5, 0.6) is 5.75 Å². The predicted octanol–water partition coefficient (Wildman–Crippen LogP) is 4.53. The van der Waals surface area contributed by atoms with Gasteiger partial charge in [-0.15, -0.1) is 11.3 Å². The Morgan fingerprint density at radius 2 is 2.00 bits per heavy atom. The Kier molecular flexibility index (Phi) is 5.40. The lowest BCUT2D eigenvalue weighted by molar-refractivity contribution is 0.0735. The zero-order chi connectivity index (χ0) is 21.3. The molecule has 0 atom stereocenters. The van der Waals surface area contributed by atoms with E-state index in [0.717, 1.165) is 33.3 Å². The van der Waals surface area contributed by atoms with Crippen LogP contribution in [0.15, 0.2) is 54.3 Å². The number of aliphatic hydroxyl groups is 1. The van der Waals surface area contributed by atoms with Crippen LogP contribution in [0.3, 0.4) is 0 Å². The van der Waals surface area contributed by atoms with Crippen LogP contribution in [0.4, 0.5) is 0 Å². The van der Waals surface area contributed by atoms with Crippen molar-refractivity contribution in [3.05, 3.63) is 77.1 Å². The van der Waals surface area contributed by atoms with Crippen molar-refractivity contribution in [1.82, 2.24) is 19.5 Å². The zero-order valence-corrected chi connectivity index (χ0v) is 18.3. The molecule has 0 unspecified atom stereocenters. The van der Waals surface area contributed by atoms with Gasteiger partial charge in [0.05, 0.1) is 41.1 Å². The molecule has 1 N–H and O–H groups in total. The number of imidazole rings is 1. The number of rotatable bonds is 6. The predicted molar refractivity (Wildman–Crippen MR) is 118 cm³/mol. The SMILES string of the molecule is COc1cc(Cc2nc(-c3cccs3)cc(C(C)(C)O)n2)ccc1-n1cnc(C)c1. The summed E-state index contributed by atoms with van der Waals surface area (Å²) < 4.78 is 7.56. The van der Waals surface area contributed by atoms with Crippen LogP contribution in [0, 0.1) is 6.92 Å². The van der Waals surface area contributed by atoms with Gasteiger partial charge in [0, 0.05) is 12.6 Å². The summed E-state index contributed by atoms with van der Waals surface area (Å²) in [4.78, 5) is 14.7. The largest absolute Gasteiger partial charge is 0.495 e. The van der Waals surface area contributed by atoms with Crippen molar-refractivity contribution in [2.24, 2.45) is 0 Å². The number of ether oxygens (including phenoxy) is 1. The number of nitrogens with zero attached hydrogens (tertiary/aromatic N) is 4. The van der Waals surface area contributed by atoms with Gasteiger partial charge in [-0.2, -0.15) is 0 Å². The van der Waals surface area contributed by atoms with E-state index in [0.29, 0.717) is 17.9 Å². The molecule has 0 bridgehead atoms. The maximum atomic E-state index is 10.5. The van der Waals surface area contributed by atoms with E-state index in [2.05, 4.69) is 9.97 Å². The van der Waals surface area contributed by atoms with Crippen molar-refractivity contribution >= 4 is 11.3 Å². The van der Waals surface area contributed by atoms with E-state index in [1.807, 2.05) is 59.5 Å². The fraction of sp³-hybridized carbons (Fsp3) is 0.261. The van der Waals surface area contributed by atoms with E-state index in [-0.39, 0.29) is 0 Å². The normalized spacial score (nSPS) is 11.6. The molecule has 0 fully saturated rings. The highest BCUT2D eigenvalue weighted by molar-refractivity contribution is 7.13. The van der Waals surface area contributed by atoms with Crippen molar-refractivity contribution < 1.29 is 9.84 Å². The monoisotopic (exact) mass is 420 g/mol. The van der Waals surface area contributed by atoms with Gasteiger partial charge in [0.15, 0.2) is 0 Å². The Morgan fingerprint density at radius 1 is 1.17 bits per heavy atom. The molecule has 0 aliphatic rings. The van der Waals surface area contributed by atoms with Gasteiger partial charge in [-0.1, -0.05) is 12.1 Å². The van der Waals surface area contributed by atoms with Crippen molar-refractivity contribution in [2.45, 2.75) is 32.8 Å². The highest BCUT2D eigenvalue weighted by Crippen LogP contribution is 2.29. The molecule has 3 aromatic heterocycles. The van der Waals surface area contributed by atoms with Crippen LogP contribution >= 0.6 is 11.3 Å². The lowest BCUT2D eigenvalue weighted by Crippen LogP contribution is -2.19. The Bertz CT molecular complexity index is 1160. The Labute approximate surface area is 179 Å². The minimum absolute atomic E-state index is 0.530. The summed E-state index contributed by atoms with van der Waals surface area (Å²) in [5.41, 5.74) is 3.27. The number of aromatic nitrogens is 4. The van der Waals surface area contributed by atoms with Gasteiger partial charge >= 0.3 is 0 Å². The molecular formula is C23H24N4O2S. The number of aryl methyl sites for hydroxylation is 1. The standard InChI is InChI=1S/C23H24N4O2S/c1-15-13-27(14-24-15)18-8-7-16(10-19(18)29-4)11-22-25-17(20-6-5-9-30-20)12-21(26-22)23(2,3)28/h5-10,12-14,28H,11H2,1-4H3. The van der Waals surface area contributed by atoms with Crippen LogP contribution in [0.2, 0.25) is 0 Å². The second-order valence-corrected chi connectivity index (χ2v) is 8.64. The first-order valence-corrected chi connectivity index (χ1v) is 10.5. The number of hydrogen-bond acceptors (Lipinski definition) is 6. The van der Waals surface area contributed by atoms with E-state index >= 15 is 0 Å². The average molecular weight is 421 g/mol. The highest BCUT2D eigenvalue weighted by Gasteiger charge is 2.21. The van der Waals surface area contributed by atoms with Crippen LogP contribution in [-0.2, 0) is 12.0 Å². The molecule has 30 heavy (non-hydrogen) atoms. The summed E-state index contributed by atoms with van der Waals surface area (Å²) in [6, 6.07) is 11.9. The van der Waals surface area contributed by atoms with Gasteiger partial charge < -0.3 is 14.4 Å². The number of thiophene rings is 1. The first kappa shape index (κ1) is 20.3. The third-order valence-electron chi connectivity index (χ3n) is 4.77. The summed E-state index contributed by atoms with van der Waals surface area (Å²) in [6.45, 7) is 5.43. The lowest BCUT2D eigenvalue weighted by atomic mass is 10.0. The Hall–Kier alpha value is -3.03. The third kappa shape index (κ3) is 4.27. The molecule has 0 saturated carbocycles. The van der Waals surface area contributed by atoms with Gasteiger partial charge in [0.25, 0.3) is 0 Å². The molecule has 0 amide bonds. The van der Waals surface area contributed by atoms with E-state index in [1.54, 1.807) is 38.6 Å². The van der Waals surface area contributed by atoms with Crippen LogP contribution in [0.1, 0.15) is 36.6 Å². The van der Waals surface area contributed by atoms with E-state index in [1.165, 1.54) is 0 Å². The summed E-state index contributed by atoms with van der Waals surface area (Å²) in [5.74, 6) is 1.41. The van der Waals surface area contributed by atoms with Crippen molar-refractivity contribution in [1.29, 1.82) is 0 Å². The average Bonchev–Trinajstić information content (AvgIpc) is 3.39. The minimum Gasteiger partial charge on any atom is -0.495 e. The van der Waals surface area contributed by atoms with Crippen LogP contribution in [0.25, 0.3) is 16.3 Å². The molecule has 154 valence electrons. The molecule has 0 saturated heterocycles. The second kappa shape index (κ2) is 8.01. The second-order valence-electron chi connectivity index (χ2n) is 7.70. The fourth-order valence-corrected chi connectivity index (χ4v) is 3.91. The first-order chi connectivity index (χ1) is 14.3.